The average molecular weight is 541 g/mol. The van der Waals surface area contributed by atoms with E-state index < -0.39 is 41.8 Å². The van der Waals surface area contributed by atoms with Gasteiger partial charge in [-0.05, 0) is 42.9 Å². The maximum absolute atomic E-state index is 13.5. The molecule has 0 fully saturated rings. The van der Waals surface area contributed by atoms with Gasteiger partial charge in [-0.1, -0.05) is 103 Å². The number of nitrogens with one attached hydrogen (secondary N) is 2. The van der Waals surface area contributed by atoms with Gasteiger partial charge in [0.15, 0.2) is 0 Å². The highest BCUT2D eigenvalue weighted by molar-refractivity contribution is 6.00. The molecule has 0 aromatic heterocycles. The molecule has 4 rings (SSSR count). The van der Waals surface area contributed by atoms with E-state index in [1.807, 2.05) is 97.1 Å². The van der Waals surface area contributed by atoms with Crippen LogP contribution in [0.3, 0.4) is 0 Å². The molecule has 3 aromatic rings. The van der Waals surface area contributed by atoms with Crippen molar-refractivity contribution in [2.24, 2.45) is 11.8 Å². The Labute approximate surface area is 235 Å². The van der Waals surface area contributed by atoms with Gasteiger partial charge in [-0.15, -0.1) is 0 Å². The lowest BCUT2D eigenvalue weighted by molar-refractivity contribution is -0.157. The number of aliphatic hydroxyl groups is 1. The van der Waals surface area contributed by atoms with Crippen LogP contribution in [-0.2, 0) is 25.5 Å². The van der Waals surface area contributed by atoms with Crippen molar-refractivity contribution >= 4 is 17.8 Å². The van der Waals surface area contributed by atoms with Gasteiger partial charge in [0.05, 0.1) is 24.6 Å². The summed E-state index contributed by atoms with van der Waals surface area (Å²) in [5.74, 6) is -2.76. The van der Waals surface area contributed by atoms with Crippen molar-refractivity contribution < 1.29 is 24.2 Å². The molecular weight excluding hydrogens is 504 g/mol. The molecule has 3 N–H and O–H groups in total. The van der Waals surface area contributed by atoms with E-state index in [1.54, 1.807) is 13.0 Å². The molecule has 1 heterocycles. The number of esters is 1. The average Bonchev–Trinajstić information content (AvgIpc) is 2.98. The van der Waals surface area contributed by atoms with E-state index >= 15 is 0 Å². The Morgan fingerprint density at radius 1 is 0.925 bits per heavy atom. The molecule has 1 aliphatic heterocycles. The van der Waals surface area contributed by atoms with Crippen molar-refractivity contribution in [1.29, 1.82) is 0 Å². The number of hydrogen-bond donors (Lipinski definition) is 3. The Morgan fingerprint density at radius 2 is 1.52 bits per heavy atom. The summed E-state index contributed by atoms with van der Waals surface area (Å²) in [5.41, 5.74) is 2.52. The summed E-state index contributed by atoms with van der Waals surface area (Å²) in [6.07, 6.45) is 3.94. The number of allylic oxidation sites excluding steroid dienone is 2. The fourth-order valence-electron chi connectivity index (χ4n) is 4.90. The summed E-state index contributed by atoms with van der Waals surface area (Å²) in [7, 11) is 0. The van der Waals surface area contributed by atoms with Crippen LogP contribution in [0.25, 0.3) is 0 Å². The number of ether oxygens (including phenoxy) is 1. The molecule has 5 atom stereocenters. The van der Waals surface area contributed by atoms with Gasteiger partial charge in [0.25, 0.3) is 0 Å². The first-order chi connectivity index (χ1) is 19.5. The minimum Gasteiger partial charge on any atom is -0.455 e. The summed E-state index contributed by atoms with van der Waals surface area (Å²) in [5, 5.41) is 15.7. The van der Waals surface area contributed by atoms with Gasteiger partial charge in [-0.3, -0.25) is 14.4 Å². The topological polar surface area (TPSA) is 105 Å². The maximum atomic E-state index is 13.5. The smallest absolute Gasteiger partial charge is 0.310 e. The van der Waals surface area contributed by atoms with Crippen LogP contribution in [0, 0.1) is 11.8 Å². The van der Waals surface area contributed by atoms with Gasteiger partial charge in [0.1, 0.15) is 12.0 Å². The third-order valence-electron chi connectivity index (χ3n) is 7.15. The SMILES string of the molecule is CC1NC(=O)C(C(=O)N[C@@H](CO)c2ccccc2)CC=CCC(Cc2ccccc2)C(=O)OC1c1ccccc1. The lowest BCUT2D eigenvalue weighted by Crippen LogP contribution is -2.47. The van der Waals surface area contributed by atoms with E-state index in [1.165, 1.54) is 0 Å². The molecule has 0 saturated carbocycles. The molecule has 1 aliphatic rings. The molecule has 0 saturated heterocycles. The molecule has 7 heteroatoms. The molecular formula is C33H36N2O5. The van der Waals surface area contributed by atoms with E-state index in [9.17, 15) is 19.5 Å². The maximum Gasteiger partial charge on any atom is 0.310 e. The predicted octanol–water partition coefficient (Wildman–Crippen LogP) is 4.45. The Bertz CT molecular complexity index is 1280. The number of carbonyl (C=O) groups excluding carboxylic acids is 3. The zero-order valence-corrected chi connectivity index (χ0v) is 22.6. The second-order valence-electron chi connectivity index (χ2n) is 10.1. The van der Waals surface area contributed by atoms with Crippen molar-refractivity contribution in [2.75, 3.05) is 6.61 Å². The first-order valence-corrected chi connectivity index (χ1v) is 13.7. The van der Waals surface area contributed by atoms with Crippen molar-refractivity contribution in [3.8, 4) is 0 Å². The first kappa shape index (κ1) is 28.8. The summed E-state index contributed by atoms with van der Waals surface area (Å²) in [6.45, 7) is 1.47. The Hall–Kier alpha value is -4.23. The van der Waals surface area contributed by atoms with Crippen LogP contribution < -0.4 is 10.6 Å². The van der Waals surface area contributed by atoms with Gasteiger partial charge in [-0.2, -0.15) is 0 Å². The molecule has 0 radical (unpaired) electrons. The summed E-state index contributed by atoms with van der Waals surface area (Å²) < 4.78 is 6.07. The third-order valence-corrected chi connectivity index (χ3v) is 7.15. The molecule has 3 aromatic carbocycles. The summed E-state index contributed by atoms with van der Waals surface area (Å²) in [4.78, 5) is 40.3. The fraction of sp³-hybridized carbons (Fsp3) is 0.303. The minimum atomic E-state index is -1.03. The van der Waals surface area contributed by atoms with Gasteiger partial charge in [0, 0.05) is 0 Å². The molecule has 2 amide bonds. The molecule has 0 spiro atoms. The van der Waals surface area contributed by atoms with Crippen LogP contribution in [0.5, 0.6) is 0 Å². The van der Waals surface area contributed by atoms with Crippen LogP contribution in [0.2, 0.25) is 0 Å². The summed E-state index contributed by atoms with van der Waals surface area (Å²) >= 11 is 0. The van der Waals surface area contributed by atoms with E-state index in [-0.39, 0.29) is 19.0 Å². The van der Waals surface area contributed by atoms with Crippen LogP contribution in [0.1, 0.15) is 48.6 Å². The fourth-order valence-corrected chi connectivity index (χ4v) is 4.90. The van der Waals surface area contributed by atoms with Crippen molar-refractivity contribution in [2.45, 2.75) is 44.4 Å². The number of cyclic esters (lactones) is 1. The second kappa shape index (κ2) is 14.2. The highest BCUT2D eigenvalue weighted by Crippen LogP contribution is 2.26. The lowest BCUT2D eigenvalue weighted by Gasteiger charge is -2.29. The number of rotatable bonds is 7. The zero-order valence-electron chi connectivity index (χ0n) is 22.6. The number of aliphatic hydroxyl groups excluding tert-OH is 1. The normalized spacial score (nSPS) is 22.6. The Kier molecular flexibility index (Phi) is 10.2. The van der Waals surface area contributed by atoms with Gasteiger partial charge in [-0.25, -0.2) is 0 Å². The number of hydrogen-bond acceptors (Lipinski definition) is 5. The monoisotopic (exact) mass is 540 g/mol. The highest BCUT2D eigenvalue weighted by atomic mass is 16.5. The predicted molar refractivity (Wildman–Crippen MR) is 153 cm³/mol. The number of amides is 2. The molecule has 4 unspecified atom stereocenters. The Morgan fingerprint density at radius 3 is 2.17 bits per heavy atom. The lowest BCUT2D eigenvalue weighted by atomic mass is 9.93. The largest absolute Gasteiger partial charge is 0.455 e. The zero-order chi connectivity index (χ0) is 28.3. The van der Waals surface area contributed by atoms with E-state index in [4.69, 9.17) is 4.74 Å². The highest BCUT2D eigenvalue weighted by Gasteiger charge is 2.33. The van der Waals surface area contributed by atoms with E-state index in [0.29, 0.717) is 12.8 Å². The third kappa shape index (κ3) is 7.67. The van der Waals surface area contributed by atoms with Crippen LogP contribution in [0.15, 0.2) is 103 Å². The van der Waals surface area contributed by atoms with E-state index in [2.05, 4.69) is 10.6 Å². The second-order valence-corrected chi connectivity index (χ2v) is 10.1. The van der Waals surface area contributed by atoms with Gasteiger partial charge in [0.2, 0.25) is 11.8 Å². The van der Waals surface area contributed by atoms with Crippen molar-refractivity contribution in [3.05, 3.63) is 120 Å². The van der Waals surface area contributed by atoms with Gasteiger partial charge >= 0.3 is 5.97 Å². The Balaban J connectivity index is 1.61. The molecule has 40 heavy (non-hydrogen) atoms. The molecule has 0 aliphatic carbocycles. The molecule has 7 nitrogen and oxygen atoms in total. The standard InChI is InChI=1S/C33H36N2O5/c1-23-30(26-17-9-4-10-18-26)40-33(39)27(21-24-13-5-2-6-14-24)19-11-12-20-28(31(37)34-23)32(38)35-29(22-36)25-15-7-3-8-16-25/h2-18,23,27-30,36H,19-22H2,1H3,(H,34,37)(H,35,38)/t23?,27?,28?,29-,30?/m0/s1. The van der Waals surface area contributed by atoms with Gasteiger partial charge < -0.3 is 20.5 Å². The minimum absolute atomic E-state index is 0.153. The van der Waals surface area contributed by atoms with Crippen molar-refractivity contribution in [1.82, 2.24) is 10.6 Å². The summed E-state index contributed by atoms with van der Waals surface area (Å²) in [6, 6.07) is 27.0. The quantitative estimate of drug-likeness (QED) is 0.233. The number of benzene rings is 3. The van der Waals surface area contributed by atoms with Crippen LogP contribution >= 0.6 is 0 Å². The van der Waals surface area contributed by atoms with Crippen LogP contribution in [0.4, 0.5) is 0 Å². The molecule has 208 valence electrons. The van der Waals surface area contributed by atoms with E-state index in [0.717, 1.165) is 16.7 Å². The van der Waals surface area contributed by atoms with Crippen LogP contribution in [-0.4, -0.2) is 35.5 Å². The van der Waals surface area contributed by atoms with Crippen molar-refractivity contribution in [3.63, 3.8) is 0 Å². The molecule has 0 bridgehead atoms. The first-order valence-electron chi connectivity index (χ1n) is 13.7. The number of carbonyl (C=O) groups is 3.